The summed E-state index contributed by atoms with van der Waals surface area (Å²) in [6.45, 7) is 11.2. The van der Waals surface area contributed by atoms with E-state index in [0.29, 0.717) is 22.5 Å². The van der Waals surface area contributed by atoms with Gasteiger partial charge in [-0.25, -0.2) is 0 Å². The van der Waals surface area contributed by atoms with E-state index in [9.17, 15) is 9.59 Å². The van der Waals surface area contributed by atoms with E-state index in [-0.39, 0.29) is 17.1 Å². The fraction of sp³-hybridized carbons (Fsp3) is 0.304. The van der Waals surface area contributed by atoms with Gasteiger partial charge >= 0.3 is 5.97 Å². The topological polar surface area (TPSA) is 65.7 Å². The van der Waals surface area contributed by atoms with Gasteiger partial charge in [-0.15, -0.1) is 0 Å². The summed E-state index contributed by atoms with van der Waals surface area (Å²) >= 11 is 0. The molecule has 2 aromatic carbocycles. The summed E-state index contributed by atoms with van der Waals surface area (Å²) in [6.07, 6.45) is 1.29. The first kappa shape index (κ1) is 19.7. The molecule has 0 aliphatic heterocycles. The fourth-order valence-electron chi connectivity index (χ4n) is 2.71. The second kappa shape index (κ2) is 7.15. The Morgan fingerprint density at radius 1 is 1.00 bits per heavy atom. The molecule has 3 rings (SSSR count). The Morgan fingerprint density at radius 2 is 1.71 bits per heavy atom. The van der Waals surface area contributed by atoms with Crippen molar-refractivity contribution in [2.45, 2.75) is 41.5 Å². The molecule has 0 spiro atoms. The minimum absolute atomic E-state index is 0.111. The van der Waals surface area contributed by atoms with E-state index in [4.69, 9.17) is 13.9 Å². The van der Waals surface area contributed by atoms with E-state index in [2.05, 4.69) is 6.07 Å². The van der Waals surface area contributed by atoms with Gasteiger partial charge in [-0.1, -0.05) is 6.07 Å². The molecule has 0 aliphatic rings. The van der Waals surface area contributed by atoms with Gasteiger partial charge in [0, 0.05) is 6.07 Å². The van der Waals surface area contributed by atoms with Crippen LogP contribution in [0.3, 0.4) is 0 Å². The zero-order valence-corrected chi connectivity index (χ0v) is 17.0. The van der Waals surface area contributed by atoms with E-state index < -0.39 is 5.41 Å². The highest BCUT2D eigenvalue weighted by atomic mass is 16.5. The van der Waals surface area contributed by atoms with Crippen LogP contribution in [0.1, 0.15) is 37.5 Å². The van der Waals surface area contributed by atoms with Crippen molar-refractivity contribution in [1.82, 2.24) is 0 Å². The van der Waals surface area contributed by atoms with Gasteiger partial charge in [0.1, 0.15) is 23.3 Å². The Morgan fingerprint density at radius 3 is 2.39 bits per heavy atom. The number of rotatable bonds is 3. The fourth-order valence-corrected chi connectivity index (χ4v) is 2.71. The lowest BCUT2D eigenvalue weighted by Crippen LogP contribution is -2.25. The highest BCUT2D eigenvalue weighted by molar-refractivity contribution is 5.82. The Kier molecular flexibility index (Phi) is 5.02. The molecule has 0 bridgehead atoms. The van der Waals surface area contributed by atoms with Crippen LogP contribution in [0.4, 0.5) is 0 Å². The quantitative estimate of drug-likeness (QED) is 0.446. The van der Waals surface area contributed by atoms with Crippen molar-refractivity contribution < 1.29 is 18.7 Å². The molecule has 0 aliphatic carbocycles. The summed E-state index contributed by atoms with van der Waals surface area (Å²) in [5.74, 6) is 0.703. The third-order valence-corrected chi connectivity index (χ3v) is 4.52. The average Bonchev–Trinajstić information content (AvgIpc) is 2.60. The molecule has 0 fully saturated rings. The van der Waals surface area contributed by atoms with Crippen LogP contribution in [0.5, 0.6) is 17.2 Å². The van der Waals surface area contributed by atoms with Crippen LogP contribution in [-0.4, -0.2) is 5.97 Å². The van der Waals surface area contributed by atoms with Crippen LogP contribution < -0.4 is 14.9 Å². The van der Waals surface area contributed by atoms with Gasteiger partial charge < -0.3 is 13.9 Å². The number of hydrogen-bond donors (Lipinski definition) is 0. The van der Waals surface area contributed by atoms with Crippen LogP contribution in [0, 0.1) is 26.2 Å². The standard InChI is InChI=1S/C23H24O5/c1-13-9-14(2)15(3)18(10-13)28-20-12-26-19-11-16(7-8-17(19)21(20)24)27-22(25)23(4,5)6/h7-12H,1-6H3. The first-order chi connectivity index (χ1) is 13.1. The highest BCUT2D eigenvalue weighted by Crippen LogP contribution is 2.29. The Hall–Kier alpha value is -3.08. The Balaban J connectivity index is 1.95. The predicted octanol–water partition coefficient (Wildman–Crippen LogP) is 5.46. The zero-order valence-electron chi connectivity index (χ0n) is 17.0. The Bertz CT molecular complexity index is 1120. The van der Waals surface area contributed by atoms with Crippen molar-refractivity contribution in [3.8, 4) is 17.2 Å². The summed E-state index contributed by atoms with van der Waals surface area (Å²) in [6, 6.07) is 8.64. The first-order valence-electron chi connectivity index (χ1n) is 9.10. The number of ether oxygens (including phenoxy) is 2. The van der Waals surface area contributed by atoms with Gasteiger partial charge in [0.05, 0.1) is 10.8 Å². The SMILES string of the molecule is Cc1cc(C)c(C)c(Oc2coc3cc(OC(=O)C(C)(C)C)ccc3c2=O)c1. The molecule has 0 unspecified atom stereocenters. The maximum atomic E-state index is 12.8. The van der Waals surface area contributed by atoms with Crippen LogP contribution >= 0.6 is 0 Å². The highest BCUT2D eigenvalue weighted by Gasteiger charge is 2.24. The van der Waals surface area contributed by atoms with E-state index in [1.807, 2.05) is 26.8 Å². The number of carbonyl (C=O) groups excluding carboxylic acids is 1. The van der Waals surface area contributed by atoms with Crippen molar-refractivity contribution in [3.63, 3.8) is 0 Å². The summed E-state index contributed by atoms with van der Waals surface area (Å²) in [5.41, 5.74) is 2.52. The molecule has 0 amide bonds. The largest absolute Gasteiger partial charge is 0.460 e. The van der Waals surface area contributed by atoms with Crippen molar-refractivity contribution in [3.05, 3.63) is 63.5 Å². The van der Waals surface area contributed by atoms with Crippen molar-refractivity contribution >= 4 is 16.9 Å². The minimum atomic E-state index is -0.628. The Labute approximate surface area is 163 Å². The smallest absolute Gasteiger partial charge is 0.316 e. The van der Waals surface area contributed by atoms with E-state index >= 15 is 0 Å². The number of esters is 1. The van der Waals surface area contributed by atoms with Gasteiger partial charge in [-0.3, -0.25) is 9.59 Å². The molecule has 0 atom stereocenters. The van der Waals surface area contributed by atoms with E-state index in [1.165, 1.54) is 12.3 Å². The molecule has 28 heavy (non-hydrogen) atoms. The zero-order chi connectivity index (χ0) is 20.6. The summed E-state index contributed by atoms with van der Waals surface area (Å²) in [4.78, 5) is 24.9. The van der Waals surface area contributed by atoms with Gasteiger partial charge in [0.2, 0.25) is 11.2 Å². The average molecular weight is 380 g/mol. The maximum absolute atomic E-state index is 12.8. The molecule has 0 saturated heterocycles. The van der Waals surface area contributed by atoms with Gasteiger partial charge in [0.25, 0.3) is 0 Å². The number of carbonyl (C=O) groups is 1. The van der Waals surface area contributed by atoms with Crippen molar-refractivity contribution in [1.29, 1.82) is 0 Å². The number of aryl methyl sites for hydroxylation is 2. The van der Waals surface area contributed by atoms with Crippen molar-refractivity contribution in [2.75, 3.05) is 0 Å². The normalized spacial score (nSPS) is 11.5. The molecule has 0 radical (unpaired) electrons. The van der Waals surface area contributed by atoms with Crippen LogP contribution in [0.2, 0.25) is 0 Å². The molecule has 5 heteroatoms. The molecule has 146 valence electrons. The predicted molar refractivity (Wildman–Crippen MR) is 108 cm³/mol. The lowest BCUT2D eigenvalue weighted by Gasteiger charge is -2.16. The molecular formula is C23H24O5. The van der Waals surface area contributed by atoms with Gasteiger partial charge in [-0.05, 0) is 76.4 Å². The molecular weight excluding hydrogens is 356 g/mol. The van der Waals surface area contributed by atoms with Crippen LogP contribution in [0.15, 0.2) is 45.8 Å². The molecule has 0 saturated carbocycles. The van der Waals surface area contributed by atoms with Crippen molar-refractivity contribution in [2.24, 2.45) is 5.41 Å². The lowest BCUT2D eigenvalue weighted by atomic mass is 9.97. The molecule has 1 aromatic heterocycles. The lowest BCUT2D eigenvalue weighted by molar-refractivity contribution is -0.142. The number of benzene rings is 2. The van der Waals surface area contributed by atoms with E-state index in [0.717, 1.165) is 16.7 Å². The number of hydrogen-bond acceptors (Lipinski definition) is 5. The summed E-state index contributed by atoms with van der Waals surface area (Å²) in [5, 5.41) is 0.357. The third-order valence-electron chi connectivity index (χ3n) is 4.52. The maximum Gasteiger partial charge on any atom is 0.316 e. The second-order valence-electron chi connectivity index (χ2n) is 8.03. The van der Waals surface area contributed by atoms with Gasteiger partial charge in [0.15, 0.2) is 0 Å². The minimum Gasteiger partial charge on any atom is -0.460 e. The molecule has 1 heterocycles. The third kappa shape index (κ3) is 3.93. The van der Waals surface area contributed by atoms with Crippen LogP contribution in [-0.2, 0) is 4.79 Å². The van der Waals surface area contributed by atoms with Gasteiger partial charge in [-0.2, -0.15) is 0 Å². The van der Waals surface area contributed by atoms with E-state index in [1.54, 1.807) is 32.9 Å². The summed E-state index contributed by atoms with van der Waals surface area (Å²) in [7, 11) is 0. The summed E-state index contributed by atoms with van der Waals surface area (Å²) < 4.78 is 16.8. The number of fused-ring (bicyclic) bond motifs is 1. The first-order valence-corrected chi connectivity index (χ1v) is 9.10. The molecule has 3 aromatic rings. The second-order valence-corrected chi connectivity index (χ2v) is 8.03. The monoisotopic (exact) mass is 380 g/mol. The molecule has 5 nitrogen and oxygen atoms in total. The molecule has 0 N–H and O–H groups in total. The van der Waals surface area contributed by atoms with Crippen LogP contribution in [0.25, 0.3) is 11.0 Å².